The number of anilines is 2. The van der Waals surface area contributed by atoms with Gasteiger partial charge in [0.25, 0.3) is 0 Å². The second-order valence-corrected chi connectivity index (χ2v) is 4.48. The summed E-state index contributed by atoms with van der Waals surface area (Å²) in [5, 5.41) is 10.3. The summed E-state index contributed by atoms with van der Waals surface area (Å²) in [6.07, 6.45) is 0. The second kappa shape index (κ2) is 3.65. The van der Waals surface area contributed by atoms with Gasteiger partial charge >= 0.3 is 0 Å². The molecule has 1 heterocycles. The van der Waals surface area contributed by atoms with Crippen molar-refractivity contribution in [3.8, 4) is 5.75 Å². The Kier molecular flexibility index (Phi) is 2.19. The van der Waals surface area contributed by atoms with Gasteiger partial charge in [-0.1, -0.05) is 6.07 Å². The molecule has 19 heavy (non-hydrogen) atoms. The maximum absolute atomic E-state index is 12.4. The molecule has 0 spiro atoms. The molecule has 0 aliphatic heterocycles. The van der Waals surface area contributed by atoms with E-state index in [1.807, 2.05) is 6.92 Å². The molecule has 5 N–H and O–H groups in total. The Bertz CT molecular complexity index is 812. The predicted octanol–water partition coefficient (Wildman–Crippen LogP) is 2.12. The average molecular weight is 256 g/mol. The first-order valence-corrected chi connectivity index (χ1v) is 5.73. The number of phenols is 1. The molecule has 0 radical (unpaired) electrons. The third-order valence-electron chi connectivity index (χ3n) is 3.28. The highest BCUT2D eigenvalue weighted by Crippen LogP contribution is 2.32. The van der Waals surface area contributed by atoms with Crippen LogP contribution in [-0.2, 0) is 0 Å². The Morgan fingerprint density at radius 3 is 2.26 bits per heavy atom. The largest absolute Gasteiger partial charge is 0.506 e. The number of rotatable bonds is 0. The first-order chi connectivity index (χ1) is 9.00. The number of hydrogen-bond acceptors (Lipinski definition) is 5. The van der Waals surface area contributed by atoms with Crippen molar-refractivity contribution in [2.45, 2.75) is 6.92 Å². The van der Waals surface area contributed by atoms with Gasteiger partial charge < -0.3 is 21.0 Å². The molecular formula is C14H12N2O3. The molecule has 2 aromatic carbocycles. The minimum absolute atomic E-state index is 0.0393. The SMILES string of the molecule is Cc1ccc2c(=O)c3ccc(O)c(N)c3oc2c1N. The van der Waals surface area contributed by atoms with Crippen molar-refractivity contribution in [1.82, 2.24) is 0 Å². The maximum Gasteiger partial charge on any atom is 0.200 e. The van der Waals surface area contributed by atoms with E-state index in [-0.39, 0.29) is 22.4 Å². The van der Waals surface area contributed by atoms with E-state index in [4.69, 9.17) is 15.9 Å². The third-order valence-corrected chi connectivity index (χ3v) is 3.28. The lowest BCUT2D eigenvalue weighted by molar-refractivity contribution is 0.477. The number of nitrogens with two attached hydrogens (primary N) is 2. The first-order valence-electron chi connectivity index (χ1n) is 5.73. The molecule has 0 saturated carbocycles. The Morgan fingerprint density at radius 2 is 1.58 bits per heavy atom. The predicted molar refractivity (Wildman–Crippen MR) is 75.2 cm³/mol. The monoisotopic (exact) mass is 256 g/mol. The standard InChI is InChI=1S/C14H12N2O3/c1-6-2-3-7-12(18)8-4-5-9(17)11(16)14(8)19-13(7)10(6)15/h2-5,17H,15-16H2,1H3. The lowest BCUT2D eigenvalue weighted by Gasteiger charge is -2.08. The fraction of sp³-hybridized carbons (Fsp3) is 0.0714. The van der Waals surface area contributed by atoms with Gasteiger partial charge in [-0.25, -0.2) is 0 Å². The summed E-state index contributed by atoms with van der Waals surface area (Å²) in [4.78, 5) is 12.4. The van der Waals surface area contributed by atoms with Crippen LogP contribution in [0.1, 0.15) is 5.56 Å². The molecule has 5 nitrogen and oxygen atoms in total. The molecule has 3 rings (SSSR count). The molecule has 3 aromatic rings. The van der Waals surface area contributed by atoms with Crippen LogP contribution >= 0.6 is 0 Å². The van der Waals surface area contributed by atoms with E-state index >= 15 is 0 Å². The van der Waals surface area contributed by atoms with Gasteiger partial charge in [0.05, 0.1) is 16.5 Å². The van der Waals surface area contributed by atoms with Crippen molar-refractivity contribution in [3.63, 3.8) is 0 Å². The van der Waals surface area contributed by atoms with E-state index in [2.05, 4.69) is 0 Å². The molecule has 0 amide bonds. The smallest absolute Gasteiger partial charge is 0.200 e. The first kappa shape index (κ1) is 11.4. The summed E-state index contributed by atoms with van der Waals surface area (Å²) < 4.78 is 5.64. The molecule has 0 aliphatic carbocycles. The van der Waals surface area contributed by atoms with Crippen LogP contribution in [0.15, 0.2) is 33.5 Å². The van der Waals surface area contributed by atoms with Crippen LogP contribution in [0.3, 0.4) is 0 Å². The Labute approximate surface area is 108 Å². The summed E-state index contributed by atoms with van der Waals surface area (Å²) in [6.45, 7) is 1.82. The van der Waals surface area contributed by atoms with Crippen LogP contribution < -0.4 is 16.9 Å². The van der Waals surface area contributed by atoms with E-state index in [0.717, 1.165) is 5.56 Å². The molecule has 0 bridgehead atoms. The van der Waals surface area contributed by atoms with Crippen LogP contribution in [0.5, 0.6) is 5.75 Å². The number of hydrogen-bond donors (Lipinski definition) is 3. The van der Waals surface area contributed by atoms with E-state index in [1.54, 1.807) is 12.1 Å². The number of nitrogen functional groups attached to an aromatic ring is 2. The zero-order chi connectivity index (χ0) is 13.7. The number of phenolic OH excluding ortho intramolecular Hbond substituents is 1. The van der Waals surface area contributed by atoms with Crippen molar-refractivity contribution in [1.29, 1.82) is 0 Å². The van der Waals surface area contributed by atoms with Gasteiger partial charge in [-0.3, -0.25) is 4.79 Å². The average Bonchev–Trinajstić information content (AvgIpc) is 2.39. The van der Waals surface area contributed by atoms with E-state index in [9.17, 15) is 9.90 Å². The second-order valence-electron chi connectivity index (χ2n) is 4.48. The topological polar surface area (TPSA) is 102 Å². The number of fused-ring (bicyclic) bond motifs is 2. The normalized spacial score (nSPS) is 11.2. The van der Waals surface area contributed by atoms with Gasteiger partial charge in [0.15, 0.2) is 11.2 Å². The fourth-order valence-corrected chi connectivity index (χ4v) is 2.11. The highest BCUT2D eigenvalue weighted by molar-refractivity contribution is 6.00. The van der Waals surface area contributed by atoms with Crippen LogP contribution in [-0.4, -0.2) is 5.11 Å². The maximum atomic E-state index is 12.4. The summed E-state index contributed by atoms with van der Waals surface area (Å²) in [5.74, 6) is -0.124. The lowest BCUT2D eigenvalue weighted by atomic mass is 10.1. The summed E-state index contributed by atoms with van der Waals surface area (Å²) in [6, 6.07) is 6.31. The molecule has 0 fully saturated rings. The van der Waals surface area contributed by atoms with E-state index in [1.165, 1.54) is 12.1 Å². The van der Waals surface area contributed by atoms with Crippen molar-refractivity contribution in [2.75, 3.05) is 11.5 Å². The van der Waals surface area contributed by atoms with Gasteiger partial charge in [-0.15, -0.1) is 0 Å². The Morgan fingerprint density at radius 1 is 1.00 bits per heavy atom. The van der Waals surface area contributed by atoms with Gasteiger partial charge in [0.1, 0.15) is 11.4 Å². The summed E-state index contributed by atoms with van der Waals surface area (Å²) in [7, 11) is 0. The third kappa shape index (κ3) is 1.45. The van der Waals surface area contributed by atoms with Crippen molar-refractivity contribution < 1.29 is 9.52 Å². The number of aryl methyl sites for hydroxylation is 1. The molecule has 0 aliphatic rings. The zero-order valence-corrected chi connectivity index (χ0v) is 10.2. The summed E-state index contributed by atoms with van der Waals surface area (Å²) in [5.41, 5.74) is 13.2. The zero-order valence-electron chi connectivity index (χ0n) is 10.2. The van der Waals surface area contributed by atoms with Crippen LogP contribution in [0.4, 0.5) is 11.4 Å². The van der Waals surface area contributed by atoms with Crippen molar-refractivity contribution in [2.24, 2.45) is 0 Å². The Hall–Kier alpha value is -2.69. The van der Waals surface area contributed by atoms with Gasteiger partial charge in [0.2, 0.25) is 5.43 Å². The van der Waals surface area contributed by atoms with Gasteiger partial charge in [-0.2, -0.15) is 0 Å². The number of aromatic hydroxyl groups is 1. The highest BCUT2D eigenvalue weighted by Gasteiger charge is 2.14. The molecule has 0 saturated heterocycles. The van der Waals surface area contributed by atoms with Gasteiger partial charge in [-0.05, 0) is 30.7 Å². The molecule has 1 aromatic heterocycles. The molecular weight excluding hydrogens is 244 g/mol. The van der Waals surface area contributed by atoms with Crippen LogP contribution in [0.25, 0.3) is 21.9 Å². The van der Waals surface area contributed by atoms with Crippen LogP contribution in [0, 0.1) is 6.92 Å². The van der Waals surface area contributed by atoms with Crippen molar-refractivity contribution >= 4 is 33.3 Å². The molecule has 0 atom stereocenters. The Balaban J connectivity index is 2.65. The lowest BCUT2D eigenvalue weighted by Crippen LogP contribution is -2.05. The van der Waals surface area contributed by atoms with Crippen molar-refractivity contribution in [3.05, 3.63) is 40.1 Å². The van der Waals surface area contributed by atoms with Gasteiger partial charge in [0, 0.05) is 0 Å². The van der Waals surface area contributed by atoms with E-state index in [0.29, 0.717) is 22.0 Å². The number of benzene rings is 2. The van der Waals surface area contributed by atoms with Crippen LogP contribution in [0.2, 0.25) is 0 Å². The fourth-order valence-electron chi connectivity index (χ4n) is 2.11. The molecule has 5 heteroatoms. The minimum Gasteiger partial charge on any atom is -0.506 e. The summed E-state index contributed by atoms with van der Waals surface area (Å²) >= 11 is 0. The van der Waals surface area contributed by atoms with E-state index < -0.39 is 0 Å². The quantitative estimate of drug-likeness (QED) is 0.325. The molecule has 96 valence electrons. The minimum atomic E-state index is -0.213. The highest BCUT2D eigenvalue weighted by atomic mass is 16.3. The molecule has 0 unspecified atom stereocenters.